The van der Waals surface area contributed by atoms with Gasteiger partial charge in [0.05, 0.1) is 0 Å². The number of fused-ring (bicyclic) bond motifs is 1. The molecule has 0 saturated carbocycles. The Labute approximate surface area is 147 Å². The van der Waals surface area contributed by atoms with Gasteiger partial charge < -0.3 is 14.4 Å². The van der Waals surface area contributed by atoms with Gasteiger partial charge in [0.25, 0.3) is 0 Å². The van der Waals surface area contributed by atoms with Crippen LogP contribution in [0, 0.1) is 6.92 Å². The van der Waals surface area contributed by atoms with Crippen LogP contribution in [0.15, 0.2) is 36.4 Å². The summed E-state index contributed by atoms with van der Waals surface area (Å²) in [4.78, 5) is 4.91. The molecule has 0 radical (unpaired) electrons. The van der Waals surface area contributed by atoms with Gasteiger partial charge in [0.15, 0.2) is 11.5 Å². The first kappa shape index (κ1) is 15.6. The molecule has 0 aromatic heterocycles. The fraction of sp³-hybridized carbons (Fsp3) is 0.368. The van der Waals surface area contributed by atoms with Gasteiger partial charge >= 0.3 is 0 Å². The molecule has 2 aliphatic rings. The lowest BCUT2D eigenvalue weighted by Crippen LogP contribution is -2.46. The van der Waals surface area contributed by atoms with E-state index in [1.54, 1.807) is 0 Å². The Bertz CT molecular complexity index is 742. The summed E-state index contributed by atoms with van der Waals surface area (Å²) in [5, 5.41) is 0.804. The Morgan fingerprint density at radius 2 is 1.75 bits per heavy atom. The van der Waals surface area contributed by atoms with E-state index in [4.69, 9.17) is 21.1 Å². The van der Waals surface area contributed by atoms with Gasteiger partial charge in [0.2, 0.25) is 6.79 Å². The van der Waals surface area contributed by atoms with Gasteiger partial charge in [-0.1, -0.05) is 23.7 Å². The van der Waals surface area contributed by atoms with Crippen LogP contribution in [0.1, 0.15) is 11.1 Å². The first-order chi connectivity index (χ1) is 11.7. The number of aryl methyl sites for hydroxylation is 1. The summed E-state index contributed by atoms with van der Waals surface area (Å²) < 4.78 is 10.8. The zero-order valence-corrected chi connectivity index (χ0v) is 14.6. The molecule has 0 aliphatic carbocycles. The summed E-state index contributed by atoms with van der Waals surface area (Å²) in [6.07, 6.45) is 0. The molecule has 126 valence electrons. The van der Waals surface area contributed by atoms with E-state index >= 15 is 0 Å². The number of anilines is 1. The highest BCUT2D eigenvalue weighted by Crippen LogP contribution is 2.33. The standard InChI is InChI=1S/C19H21ClN2O2/c1-14-2-4-16(20)11-17(14)22-8-6-21(7-9-22)12-15-3-5-18-19(10-15)24-13-23-18/h2-5,10-11H,6-9,12-13H2,1H3. The van der Waals surface area contributed by atoms with Crippen molar-refractivity contribution in [2.75, 3.05) is 37.9 Å². The van der Waals surface area contributed by atoms with Crippen LogP contribution in [0.2, 0.25) is 5.02 Å². The highest BCUT2D eigenvalue weighted by Gasteiger charge is 2.20. The van der Waals surface area contributed by atoms with Crippen LogP contribution in [0.3, 0.4) is 0 Å². The molecular weight excluding hydrogens is 324 g/mol. The smallest absolute Gasteiger partial charge is 0.231 e. The summed E-state index contributed by atoms with van der Waals surface area (Å²) in [7, 11) is 0. The van der Waals surface area contributed by atoms with Crippen molar-refractivity contribution >= 4 is 17.3 Å². The van der Waals surface area contributed by atoms with Crippen molar-refractivity contribution in [3.8, 4) is 11.5 Å². The summed E-state index contributed by atoms with van der Waals surface area (Å²) in [6, 6.07) is 12.3. The van der Waals surface area contributed by atoms with Crippen LogP contribution in [-0.2, 0) is 6.54 Å². The largest absolute Gasteiger partial charge is 0.454 e. The van der Waals surface area contributed by atoms with Crippen molar-refractivity contribution in [1.29, 1.82) is 0 Å². The van der Waals surface area contributed by atoms with Crippen LogP contribution < -0.4 is 14.4 Å². The first-order valence-electron chi connectivity index (χ1n) is 8.31. The van der Waals surface area contributed by atoms with E-state index in [9.17, 15) is 0 Å². The van der Waals surface area contributed by atoms with Crippen LogP contribution in [0.5, 0.6) is 11.5 Å². The van der Waals surface area contributed by atoms with E-state index in [0.717, 1.165) is 49.2 Å². The van der Waals surface area contributed by atoms with Crippen molar-refractivity contribution < 1.29 is 9.47 Å². The lowest BCUT2D eigenvalue weighted by atomic mass is 10.1. The molecule has 2 heterocycles. The Morgan fingerprint density at radius 1 is 0.958 bits per heavy atom. The average molecular weight is 345 g/mol. The molecule has 0 N–H and O–H groups in total. The molecule has 0 bridgehead atoms. The molecule has 0 atom stereocenters. The highest BCUT2D eigenvalue weighted by molar-refractivity contribution is 6.30. The number of benzene rings is 2. The Morgan fingerprint density at radius 3 is 2.58 bits per heavy atom. The van der Waals surface area contributed by atoms with Crippen molar-refractivity contribution in [2.24, 2.45) is 0 Å². The minimum atomic E-state index is 0.330. The Balaban J connectivity index is 1.38. The van der Waals surface area contributed by atoms with Crippen LogP contribution in [-0.4, -0.2) is 37.9 Å². The van der Waals surface area contributed by atoms with Crippen LogP contribution in [0.4, 0.5) is 5.69 Å². The average Bonchev–Trinajstić information content (AvgIpc) is 3.06. The quantitative estimate of drug-likeness (QED) is 0.847. The van der Waals surface area contributed by atoms with E-state index < -0.39 is 0 Å². The van der Waals surface area contributed by atoms with E-state index in [1.807, 2.05) is 12.1 Å². The summed E-state index contributed by atoms with van der Waals surface area (Å²) in [6.45, 7) is 7.54. The number of rotatable bonds is 3. The maximum atomic E-state index is 6.16. The van der Waals surface area contributed by atoms with Crippen LogP contribution in [0.25, 0.3) is 0 Å². The molecule has 1 saturated heterocycles. The van der Waals surface area contributed by atoms with E-state index in [2.05, 4.69) is 41.0 Å². The maximum absolute atomic E-state index is 6.16. The third-order valence-electron chi connectivity index (χ3n) is 4.73. The van der Waals surface area contributed by atoms with Gasteiger partial charge in [0.1, 0.15) is 0 Å². The molecule has 0 spiro atoms. The van der Waals surface area contributed by atoms with Gasteiger partial charge in [0, 0.05) is 43.4 Å². The van der Waals surface area contributed by atoms with Crippen molar-refractivity contribution in [2.45, 2.75) is 13.5 Å². The van der Waals surface area contributed by atoms with Gasteiger partial charge in [-0.15, -0.1) is 0 Å². The fourth-order valence-corrected chi connectivity index (χ4v) is 3.53. The van der Waals surface area contributed by atoms with Crippen molar-refractivity contribution in [3.63, 3.8) is 0 Å². The number of nitrogens with zero attached hydrogens (tertiary/aromatic N) is 2. The van der Waals surface area contributed by atoms with E-state index in [0.29, 0.717) is 6.79 Å². The van der Waals surface area contributed by atoms with E-state index in [-0.39, 0.29) is 0 Å². The van der Waals surface area contributed by atoms with Crippen molar-refractivity contribution in [3.05, 3.63) is 52.5 Å². The fourth-order valence-electron chi connectivity index (χ4n) is 3.37. The van der Waals surface area contributed by atoms with Gasteiger partial charge in [-0.25, -0.2) is 0 Å². The van der Waals surface area contributed by atoms with Gasteiger partial charge in [-0.05, 0) is 42.3 Å². The normalized spacial score (nSPS) is 17.3. The summed E-state index contributed by atoms with van der Waals surface area (Å²) >= 11 is 6.16. The third kappa shape index (κ3) is 3.17. The third-order valence-corrected chi connectivity index (χ3v) is 4.96. The second-order valence-electron chi connectivity index (χ2n) is 6.38. The number of hydrogen-bond acceptors (Lipinski definition) is 4. The monoisotopic (exact) mass is 344 g/mol. The molecule has 4 rings (SSSR count). The van der Waals surface area contributed by atoms with Gasteiger partial charge in [-0.2, -0.15) is 0 Å². The zero-order chi connectivity index (χ0) is 16.5. The number of hydrogen-bond donors (Lipinski definition) is 0. The maximum Gasteiger partial charge on any atom is 0.231 e. The predicted molar refractivity (Wildman–Crippen MR) is 96.2 cm³/mol. The topological polar surface area (TPSA) is 24.9 Å². The zero-order valence-electron chi connectivity index (χ0n) is 13.8. The van der Waals surface area contributed by atoms with Gasteiger partial charge in [-0.3, -0.25) is 4.90 Å². The molecular formula is C19H21ClN2O2. The number of piperazine rings is 1. The lowest BCUT2D eigenvalue weighted by molar-refractivity contribution is 0.174. The molecule has 2 aliphatic heterocycles. The number of halogens is 1. The minimum Gasteiger partial charge on any atom is -0.454 e. The molecule has 5 heteroatoms. The molecule has 2 aromatic carbocycles. The summed E-state index contributed by atoms with van der Waals surface area (Å²) in [5.74, 6) is 1.71. The number of ether oxygens (including phenoxy) is 2. The highest BCUT2D eigenvalue weighted by atomic mass is 35.5. The molecule has 4 nitrogen and oxygen atoms in total. The van der Waals surface area contributed by atoms with Crippen LogP contribution >= 0.6 is 11.6 Å². The molecule has 2 aromatic rings. The lowest BCUT2D eigenvalue weighted by Gasteiger charge is -2.37. The minimum absolute atomic E-state index is 0.330. The molecule has 24 heavy (non-hydrogen) atoms. The summed E-state index contributed by atoms with van der Waals surface area (Å²) in [5.41, 5.74) is 3.81. The molecule has 1 fully saturated rings. The second kappa shape index (κ2) is 6.54. The molecule has 0 amide bonds. The SMILES string of the molecule is Cc1ccc(Cl)cc1N1CCN(Cc2ccc3c(c2)OCO3)CC1. The second-order valence-corrected chi connectivity index (χ2v) is 6.82. The first-order valence-corrected chi connectivity index (χ1v) is 8.69. The molecule has 0 unspecified atom stereocenters. The Hall–Kier alpha value is -1.91. The van der Waals surface area contributed by atoms with E-state index in [1.165, 1.54) is 16.8 Å². The predicted octanol–water partition coefficient (Wildman–Crippen LogP) is 3.70. The van der Waals surface area contributed by atoms with Crippen molar-refractivity contribution in [1.82, 2.24) is 4.90 Å². The Kier molecular flexibility index (Phi) is 4.25.